The Morgan fingerprint density at radius 3 is 2.78 bits per heavy atom. The maximum Gasteiger partial charge on any atom is 0.234 e. The molecule has 27 heavy (non-hydrogen) atoms. The molecule has 0 spiro atoms. The minimum absolute atomic E-state index is 0.0793. The van der Waals surface area contributed by atoms with Crippen LogP contribution in [-0.4, -0.2) is 37.5 Å². The van der Waals surface area contributed by atoms with Gasteiger partial charge in [-0.3, -0.25) is 9.59 Å². The van der Waals surface area contributed by atoms with Crippen LogP contribution in [0.5, 0.6) is 0 Å². The van der Waals surface area contributed by atoms with Gasteiger partial charge in [0.2, 0.25) is 11.8 Å². The standard InChI is InChI=1S/C17H19N7O2S/c1-3-12(25)22-11-6-10(5-4-9(11)2)21-13(26)7-27-17-23-14-15(18)19-8-20-16(14)24-17/h4-6,8H,3,7H2,1-2H3,(H,21,26)(H,22,25)(H3,18,19,20,23,24). The lowest BCUT2D eigenvalue weighted by molar-refractivity contribution is -0.116. The highest BCUT2D eigenvalue weighted by atomic mass is 32.2. The van der Waals surface area contributed by atoms with Gasteiger partial charge in [-0.05, 0) is 24.6 Å². The molecule has 0 aliphatic rings. The number of rotatable bonds is 6. The molecule has 0 fully saturated rings. The smallest absolute Gasteiger partial charge is 0.234 e. The predicted molar refractivity (Wildman–Crippen MR) is 106 cm³/mol. The number of aromatic nitrogens is 4. The molecule has 2 heterocycles. The summed E-state index contributed by atoms with van der Waals surface area (Å²) in [6.07, 6.45) is 1.73. The number of hydrogen-bond donors (Lipinski definition) is 4. The van der Waals surface area contributed by atoms with Gasteiger partial charge in [0, 0.05) is 17.8 Å². The van der Waals surface area contributed by atoms with E-state index in [0.29, 0.717) is 39.9 Å². The van der Waals surface area contributed by atoms with Gasteiger partial charge in [-0.1, -0.05) is 24.8 Å². The van der Waals surface area contributed by atoms with Crippen LogP contribution in [0.1, 0.15) is 18.9 Å². The summed E-state index contributed by atoms with van der Waals surface area (Å²) in [6.45, 7) is 3.67. The highest BCUT2D eigenvalue weighted by Crippen LogP contribution is 2.23. The van der Waals surface area contributed by atoms with E-state index in [1.165, 1.54) is 18.1 Å². The van der Waals surface area contributed by atoms with Crippen LogP contribution in [0.2, 0.25) is 0 Å². The molecule has 3 aromatic rings. The normalized spacial score (nSPS) is 10.7. The van der Waals surface area contributed by atoms with Crippen LogP contribution in [-0.2, 0) is 9.59 Å². The van der Waals surface area contributed by atoms with Gasteiger partial charge in [0.05, 0.1) is 5.75 Å². The van der Waals surface area contributed by atoms with Crippen LogP contribution in [0, 0.1) is 6.92 Å². The van der Waals surface area contributed by atoms with Crippen molar-refractivity contribution in [2.75, 3.05) is 22.1 Å². The first-order valence-electron chi connectivity index (χ1n) is 8.25. The van der Waals surface area contributed by atoms with Crippen molar-refractivity contribution in [1.82, 2.24) is 19.9 Å². The molecule has 0 saturated heterocycles. The number of imidazole rings is 1. The number of amides is 2. The third-order valence-corrected chi connectivity index (χ3v) is 4.63. The number of fused-ring (bicyclic) bond motifs is 1. The van der Waals surface area contributed by atoms with Crippen molar-refractivity contribution in [3.05, 3.63) is 30.1 Å². The molecule has 0 aliphatic carbocycles. The summed E-state index contributed by atoms with van der Waals surface area (Å²) in [5.41, 5.74) is 8.98. The number of nitrogen functional groups attached to an aromatic ring is 1. The number of nitrogens with one attached hydrogen (secondary N) is 3. The van der Waals surface area contributed by atoms with Crippen LogP contribution in [0.25, 0.3) is 11.2 Å². The maximum atomic E-state index is 12.2. The molecule has 2 aromatic heterocycles. The zero-order valence-corrected chi connectivity index (χ0v) is 15.7. The van der Waals surface area contributed by atoms with Gasteiger partial charge in [-0.2, -0.15) is 0 Å². The number of carbonyl (C=O) groups excluding carboxylic acids is 2. The van der Waals surface area contributed by atoms with Crippen molar-refractivity contribution >= 4 is 51.9 Å². The number of thioether (sulfide) groups is 1. The minimum atomic E-state index is -0.198. The highest BCUT2D eigenvalue weighted by molar-refractivity contribution is 7.99. The summed E-state index contributed by atoms with van der Waals surface area (Å²) in [4.78, 5) is 39.0. The Morgan fingerprint density at radius 2 is 2.04 bits per heavy atom. The molecule has 9 nitrogen and oxygen atoms in total. The van der Waals surface area contributed by atoms with Gasteiger partial charge in [0.25, 0.3) is 0 Å². The van der Waals surface area contributed by atoms with E-state index in [1.807, 2.05) is 13.0 Å². The van der Waals surface area contributed by atoms with E-state index in [1.54, 1.807) is 19.1 Å². The molecule has 1 aromatic carbocycles. The van der Waals surface area contributed by atoms with Gasteiger partial charge in [-0.15, -0.1) is 0 Å². The molecule has 5 N–H and O–H groups in total. The summed E-state index contributed by atoms with van der Waals surface area (Å²) in [5.74, 6) is 0.183. The molecule has 0 radical (unpaired) electrons. The Bertz CT molecular complexity index is 1000. The van der Waals surface area contributed by atoms with Crippen molar-refractivity contribution in [3.8, 4) is 0 Å². The average molecular weight is 385 g/mol. The van der Waals surface area contributed by atoms with E-state index in [-0.39, 0.29) is 17.6 Å². The Labute approximate surface area is 159 Å². The van der Waals surface area contributed by atoms with E-state index in [2.05, 4.69) is 30.6 Å². The van der Waals surface area contributed by atoms with Gasteiger partial charge in [0.15, 0.2) is 16.6 Å². The quantitative estimate of drug-likeness (QED) is 0.478. The molecule has 0 atom stereocenters. The first-order chi connectivity index (χ1) is 13.0. The van der Waals surface area contributed by atoms with E-state index in [9.17, 15) is 9.59 Å². The second-order valence-corrected chi connectivity index (χ2v) is 6.73. The number of benzene rings is 1. The van der Waals surface area contributed by atoms with Gasteiger partial charge < -0.3 is 21.4 Å². The molecule has 0 unspecified atom stereocenters. The maximum absolute atomic E-state index is 12.2. The predicted octanol–water partition coefficient (Wildman–Crippen LogP) is 2.32. The van der Waals surface area contributed by atoms with Gasteiger partial charge in [0.1, 0.15) is 11.8 Å². The lowest BCUT2D eigenvalue weighted by Gasteiger charge is -2.11. The molecule has 0 bridgehead atoms. The number of hydrogen-bond acceptors (Lipinski definition) is 7. The van der Waals surface area contributed by atoms with Crippen molar-refractivity contribution in [1.29, 1.82) is 0 Å². The topological polar surface area (TPSA) is 139 Å². The lowest BCUT2D eigenvalue weighted by Crippen LogP contribution is -2.15. The molecule has 0 saturated carbocycles. The van der Waals surface area contributed by atoms with Crippen LogP contribution in [0.3, 0.4) is 0 Å². The SMILES string of the molecule is CCC(=O)Nc1cc(NC(=O)CSc2nc3ncnc(N)c3[nH]2)ccc1C. The molecular weight excluding hydrogens is 366 g/mol. The van der Waals surface area contributed by atoms with Crippen LogP contribution < -0.4 is 16.4 Å². The Kier molecular flexibility index (Phi) is 5.55. The fourth-order valence-corrected chi connectivity index (χ4v) is 2.96. The molecule has 0 aliphatic heterocycles. The number of nitrogens with two attached hydrogens (primary N) is 1. The second kappa shape index (κ2) is 8.04. The summed E-state index contributed by atoms with van der Waals surface area (Å²) in [7, 11) is 0. The Balaban J connectivity index is 1.62. The fraction of sp³-hybridized carbons (Fsp3) is 0.235. The summed E-state index contributed by atoms with van der Waals surface area (Å²) in [6, 6.07) is 5.37. The third-order valence-electron chi connectivity index (χ3n) is 3.75. The molecular formula is C17H19N7O2S. The van der Waals surface area contributed by atoms with Crippen molar-refractivity contribution in [3.63, 3.8) is 0 Å². The molecule has 10 heteroatoms. The second-order valence-electron chi connectivity index (χ2n) is 5.77. The van der Waals surface area contributed by atoms with Crippen LogP contribution in [0.15, 0.2) is 29.7 Å². The Hall–Kier alpha value is -3.14. The minimum Gasteiger partial charge on any atom is -0.382 e. The van der Waals surface area contributed by atoms with E-state index in [0.717, 1.165) is 5.56 Å². The highest BCUT2D eigenvalue weighted by Gasteiger charge is 2.11. The number of H-pyrrole nitrogens is 1. The number of aryl methyl sites for hydroxylation is 1. The third kappa shape index (κ3) is 4.53. The van der Waals surface area contributed by atoms with Gasteiger partial charge >= 0.3 is 0 Å². The zero-order valence-electron chi connectivity index (χ0n) is 14.9. The summed E-state index contributed by atoms with van der Waals surface area (Å²) in [5, 5.41) is 6.16. The molecule has 3 rings (SSSR count). The first kappa shape index (κ1) is 18.6. The van der Waals surface area contributed by atoms with Gasteiger partial charge in [-0.25, -0.2) is 15.0 Å². The monoisotopic (exact) mass is 385 g/mol. The van der Waals surface area contributed by atoms with Crippen molar-refractivity contribution in [2.24, 2.45) is 0 Å². The Morgan fingerprint density at radius 1 is 1.22 bits per heavy atom. The largest absolute Gasteiger partial charge is 0.382 e. The van der Waals surface area contributed by atoms with Crippen molar-refractivity contribution in [2.45, 2.75) is 25.4 Å². The number of nitrogens with zero attached hydrogens (tertiary/aromatic N) is 3. The number of carbonyl (C=O) groups is 2. The molecule has 2 amide bonds. The van der Waals surface area contributed by atoms with Crippen molar-refractivity contribution < 1.29 is 9.59 Å². The van der Waals surface area contributed by atoms with E-state index >= 15 is 0 Å². The summed E-state index contributed by atoms with van der Waals surface area (Å²) < 4.78 is 0. The van der Waals surface area contributed by atoms with E-state index in [4.69, 9.17) is 5.73 Å². The lowest BCUT2D eigenvalue weighted by atomic mass is 10.1. The fourth-order valence-electron chi connectivity index (χ4n) is 2.30. The van der Waals surface area contributed by atoms with Crippen LogP contribution >= 0.6 is 11.8 Å². The molecule has 140 valence electrons. The number of aromatic amines is 1. The number of anilines is 3. The van der Waals surface area contributed by atoms with Crippen LogP contribution in [0.4, 0.5) is 17.2 Å². The zero-order chi connectivity index (χ0) is 19.4. The average Bonchev–Trinajstić information content (AvgIpc) is 3.07. The van der Waals surface area contributed by atoms with E-state index < -0.39 is 0 Å². The summed E-state index contributed by atoms with van der Waals surface area (Å²) >= 11 is 1.23. The first-order valence-corrected chi connectivity index (χ1v) is 9.24.